The van der Waals surface area contributed by atoms with Gasteiger partial charge < -0.3 is 19.4 Å². The Morgan fingerprint density at radius 1 is 0.889 bits per heavy atom. The summed E-state index contributed by atoms with van der Waals surface area (Å²) in [5.41, 5.74) is 3.36. The molecule has 0 atom stereocenters. The second-order valence-electron chi connectivity index (χ2n) is 5.68. The number of esters is 1. The number of methoxy groups -OCH3 is 3. The lowest BCUT2D eigenvalue weighted by atomic mass is 9.91. The van der Waals surface area contributed by atoms with E-state index in [2.05, 4.69) is 5.16 Å². The van der Waals surface area contributed by atoms with Gasteiger partial charge in [-0.3, -0.25) is 4.79 Å². The normalized spacial score (nSPS) is 10.5. The molecule has 0 aromatic heterocycles. The van der Waals surface area contributed by atoms with Gasteiger partial charge in [-0.05, 0) is 53.0 Å². The van der Waals surface area contributed by atoms with Gasteiger partial charge in [0.25, 0.3) is 0 Å². The molecule has 27 heavy (non-hydrogen) atoms. The van der Waals surface area contributed by atoms with Crippen molar-refractivity contribution in [3.63, 3.8) is 0 Å². The first-order valence-electron chi connectivity index (χ1n) is 8.39. The van der Waals surface area contributed by atoms with Crippen LogP contribution in [-0.2, 0) is 9.53 Å². The first kappa shape index (κ1) is 20.0. The van der Waals surface area contributed by atoms with E-state index in [4.69, 9.17) is 19.4 Å². The summed E-state index contributed by atoms with van der Waals surface area (Å²) in [6, 6.07) is 15.1. The number of hydrogen-bond acceptors (Lipinski definition) is 6. The molecule has 2 rings (SSSR count). The average Bonchev–Trinajstić information content (AvgIpc) is 2.72. The van der Waals surface area contributed by atoms with Crippen LogP contribution in [0.3, 0.4) is 0 Å². The molecule has 0 radical (unpaired) electrons. The van der Waals surface area contributed by atoms with Gasteiger partial charge in [-0.2, -0.15) is 0 Å². The van der Waals surface area contributed by atoms with Gasteiger partial charge in [-0.15, -0.1) is 0 Å². The zero-order valence-electron chi connectivity index (χ0n) is 15.6. The molecule has 0 fully saturated rings. The van der Waals surface area contributed by atoms with E-state index in [1.807, 2.05) is 48.5 Å². The molecule has 6 heteroatoms. The second-order valence-corrected chi connectivity index (χ2v) is 5.68. The monoisotopic (exact) mass is 369 g/mol. The van der Waals surface area contributed by atoms with E-state index in [1.165, 1.54) is 13.3 Å². The summed E-state index contributed by atoms with van der Waals surface area (Å²) in [6.45, 7) is 0. The molecule has 0 heterocycles. The van der Waals surface area contributed by atoms with Gasteiger partial charge in [0, 0.05) is 6.42 Å². The van der Waals surface area contributed by atoms with Crippen LogP contribution >= 0.6 is 0 Å². The van der Waals surface area contributed by atoms with E-state index >= 15 is 0 Å². The van der Waals surface area contributed by atoms with Gasteiger partial charge in [-0.25, -0.2) is 0 Å². The molecule has 0 amide bonds. The molecule has 0 saturated carbocycles. The minimum Gasteiger partial charge on any atom is -0.497 e. The van der Waals surface area contributed by atoms with Crippen molar-refractivity contribution in [2.24, 2.45) is 5.16 Å². The molecular weight excluding hydrogens is 346 g/mol. The van der Waals surface area contributed by atoms with E-state index < -0.39 is 0 Å². The van der Waals surface area contributed by atoms with Crippen molar-refractivity contribution in [3.05, 3.63) is 65.2 Å². The predicted molar refractivity (Wildman–Crippen MR) is 104 cm³/mol. The molecule has 142 valence electrons. The fourth-order valence-electron chi connectivity index (χ4n) is 2.72. The molecule has 0 spiro atoms. The number of ether oxygens (including phenoxy) is 3. The molecule has 0 unspecified atom stereocenters. The number of carbonyl (C=O) groups is 1. The summed E-state index contributed by atoms with van der Waals surface area (Å²) < 4.78 is 15.2. The SMILES string of the molecule is COC(=O)CCC(C=NO)=C(c1ccc(OC)cc1)c1ccc(OC)cc1. The van der Waals surface area contributed by atoms with Gasteiger partial charge in [0.2, 0.25) is 0 Å². The Kier molecular flexibility index (Phi) is 7.43. The van der Waals surface area contributed by atoms with E-state index in [0.717, 1.165) is 28.2 Å². The van der Waals surface area contributed by atoms with E-state index in [1.54, 1.807) is 14.2 Å². The quantitative estimate of drug-likeness (QED) is 0.330. The summed E-state index contributed by atoms with van der Waals surface area (Å²) in [7, 11) is 4.56. The van der Waals surface area contributed by atoms with Gasteiger partial charge in [0.15, 0.2) is 0 Å². The minimum absolute atomic E-state index is 0.174. The maximum Gasteiger partial charge on any atom is 0.305 e. The summed E-state index contributed by atoms with van der Waals surface area (Å²) in [5.74, 6) is 1.14. The van der Waals surface area contributed by atoms with E-state index in [9.17, 15) is 4.79 Å². The van der Waals surface area contributed by atoms with Crippen molar-refractivity contribution in [1.82, 2.24) is 0 Å². The number of oxime groups is 1. The van der Waals surface area contributed by atoms with Crippen LogP contribution in [0.4, 0.5) is 0 Å². The minimum atomic E-state index is -0.331. The van der Waals surface area contributed by atoms with E-state index in [0.29, 0.717) is 12.0 Å². The van der Waals surface area contributed by atoms with Crippen LogP contribution in [0.15, 0.2) is 59.3 Å². The van der Waals surface area contributed by atoms with Gasteiger partial charge in [-0.1, -0.05) is 29.4 Å². The molecule has 0 aliphatic rings. The molecule has 0 aliphatic carbocycles. The van der Waals surface area contributed by atoms with Gasteiger partial charge in [0.05, 0.1) is 27.5 Å². The summed E-state index contributed by atoms with van der Waals surface area (Å²) in [5, 5.41) is 12.3. The molecule has 0 bridgehead atoms. The lowest BCUT2D eigenvalue weighted by molar-refractivity contribution is -0.140. The van der Waals surface area contributed by atoms with Crippen molar-refractivity contribution < 1.29 is 24.2 Å². The first-order chi connectivity index (χ1) is 13.1. The smallest absolute Gasteiger partial charge is 0.305 e. The van der Waals surface area contributed by atoms with Crippen molar-refractivity contribution in [1.29, 1.82) is 0 Å². The average molecular weight is 369 g/mol. The number of nitrogens with zero attached hydrogens (tertiary/aromatic N) is 1. The highest BCUT2D eigenvalue weighted by Gasteiger charge is 2.14. The Morgan fingerprint density at radius 3 is 1.74 bits per heavy atom. The lowest BCUT2D eigenvalue weighted by Gasteiger charge is -2.14. The van der Waals surface area contributed by atoms with Crippen molar-refractivity contribution >= 4 is 17.8 Å². The third kappa shape index (κ3) is 5.34. The van der Waals surface area contributed by atoms with Crippen LogP contribution in [0.1, 0.15) is 24.0 Å². The highest BCUT2D eigenvalue weighted by Crippen LogP contribution is 2.31. The number of carbonyl (C=O) groups excluding carboxylic acids is 1. The fourth-order valence-corrected chi connectivity index (χ4v) is 2.72. The second kappa shape index (κ2) is 10.0. The Hall–Kier alpha value is -3.28. The first-order valence-corrected chi connectivity index (χ1v) is 8.39. The van der Waals surface area contributed by atoms with Gasteiger partial charge >= 0.3 is 5.97 Å². The third-order valence-corrected chi connectivity index (χ3v) is 4.12. The van der Waals surface area contributed by atoms with Gasteiger partial charge in [0.1, 0.15) is 11.5 Å². The van der Waals surface area contributed by atoms with Crippen LogP contribution in [0.5, 0.6) is 11.5 Å². The molecule has 0 aliphatic heterocycles. The van der Waals surface area contributed by atoms with E-state index in [-0.39, 0.29) is 12.4 Å². The van der Waals surface area contributed by atoms with Crippen LogP contribution < -0.4 is 9.47 Å². The highest BCUT2D eigenvalue weighted by molar-refractivity contribution is 5.97. The third-order valence-electron chi connectivity index (χ3n) is 4.12. The number of rotatable bonds is 8. The molecule has 1 N–H and O–H groups in total. The Morgan fingerprint density at radius 2 is 1.37 bits per heavy atom. The van der Waals surface area contributed by atoms with Crippen LogP contribution in [0, 0.1) is 0 Å². The maximum atomic E-state index is 11.6. The molecule has 0 saturated heterocycles. The zero-order chi connectivity index (χ0) is 19.6. The van der Waals surface area contributed by atoms with Crippen LogP contribution in [0.2, 0.25) is 0 Å². The summed E-state index contributed by atoms with van der Waals surface area (Å²) >= 11 is 0. The summed E-state index contributed by atoms with van der Waals surface area (Å²) in [6.07, 6.45) is 1.89. The molecule has 6 nitrogen and oxygen atoms in total. The van der Waals surface area contributed by atoms with Crippen molar-refractivity contribution in [3.8, 4) is 11.5 Å². The fraction of sp³-hybridized carbons (Fsp3) is 0.238. The summed E-state index contributed by atoms with van der Waals surface area (Å²) in [4.78, 5) is 11.6. The Balaban J connectivity index is 2.57. The molecular formula is C21H23NO5. The largest absolute Gasteiger partial charge is 0.497 e. The Bertz CT molecular complexity index is 758. The van der Waals surface area contributed by atoms with Crippen molar-refractivity contribution in [2.75, 3.05) is 21.3 Å². The molecule has 2 aromatic rings. The van der Waals surface area contributed by atoms with Crippen LogP contribution in [-0.4, -0.2) is 38.7 Å². The number of allylic oxidation sites excluding steroid dienone is 1. The maximum absolute atomic E-state index is 11.6. The highest BCUT2D eigenvalue weighted by atomic mass is 16.5. The van der Waals surface area contributed by atoms with Crippen LogP contribution in [0.25, 0.3) is 5.57 Å². The number of benzene rings is 2. The molecule has 2 aromatic carbocycles. The number of hydrogen-bond donors (Lipinski definition) is 1. The lowest BCUT2D eigenvalue weighted by Crippen LogP contribution is -2.03. The van der Waals surface area contributed by atoms with Crippen molar-refractivity contribution in [2.45, 2.75) is 12.8 Å². The predicted octanol–water partition coefficient (Wildman–Crippen LogP) is 3.92. The standard InChI is InChI=1S/C21H23NO5/c1-25-18-9-4-15(5-10-18)21(16-6-11-19(26-2)12-7-16)17(14-22-24)8-13-20(23)27-3/h4-7,9-12,14,24H,8,13H2,1-3H3. The zero-order valence-corrected chi connectivity index (χ0v) is 15.6. The Labute approximate surface area is 158 Å². The topological polar surface area (TPSA) is 77.4 Å².